The molecule has 3 aromatic rings. The number of ether oxygens (including phenoxy) is 5. The van der Waals surface area contributed by atoms with Crippen molar-refractivity contribution in [3.63, 3.8) is 0 Å². The largest absolute Gasteiger partial charge is 0.505 e. The van der Waals surface area contributed by atoms with Gasteiger partial charge in [-0.2, -0.15) is 0 Å². The zero-order valence-corrected chi connectivity index (χ0v) is 24.9. The molecule has 0 aliphatic heterocycles. The van der Waals surface area contributed by atoms with Crippen LogP contribution in [0.1, 0.15) is 56.4 Å². The number of esters is 2. The maximum absolute atomic E-state index is 11.6. The van der Waals surface area contributed by atoms with Crippen LogP contribution in [-0.4, -0.2) is 56.7 Å². The molecule has 42 heavy (non-hydrogen) atoms. The maximum atomic E-state index is 11.6. The van der Waals surface area contributed by atoms with Gasteiger partial charge in [-0.3, -0.25) is 4.79 Å². The zero-order chi connectivity index (χ0) is 31.0. The molecule has 0 amide bonds. The Morgan fingerprint density at radius 1 is 0.690 bits per heavy atom. The minimum atomic E-state index is -1.25. The molecular formula is C33H40O9. The summed E-state index contributed by atoms with van der Waals surface area (Å²) in [5, 5.41) is 7.50. The number of carbonyl (C=O) groups excluding carboxylic acids is 2. The van der Waals surface area contributed by atoms with Crippen molar-refractivity contribution in [1.29, 1.82) is 0 Å². The molecule has 3 rings (SSSR count). The van der Waals surface area contributed by atoms with E-state index >= 15 is 0 Å². The highest BCUT2D eigenvalue weighted by Gasteiger charge is 2.31. The van der Waals surface area contributed by atoms with Crippen molar-refractivity contribution < 1.29 is 43.2 Å². The number of rotatable bonds is 13. The SMILES string of the molecule is CCOC(=O)CCOc1ccc([C@](C)(c2ccc(CC)cc2)c2ccc(OCC(=O)OCC)cc2)cc1.COC(=O)O. The maximum Gasteiger partial charge on any atom is 0.505 e. The molecule has 0 saturated heterocycles. The van der Waals surface area contributed by atoms with Crippen LogP contribution in [0.3, 0.4) is 0 Å². The molecule has 9 heteroatoms. The van der Waals surface area contributed by atoms with E-state index in [1.165, 1.54) is 5.56 Å². The van der Waals surface area contributed by atoms with Crippen LogP contribution in [-0.2, 0) is 35.6 Å². The minimum absolute atomic E-state index is 0.124. The Bertz CT molecular complexity index is 1250. The van der Waals surface area contributed by atoms with E-state index in [2.05, 4.69) is 55.0 Å². The molecule has 0 fully saturated rings. The van der Waals surface area contributed by atoms with Gasteiger partial charge < -0.3 is 28.8 Å². The summed E-state index contributed by atoms with van der Waals surface area (Å²) in [6.45, 7) is 8.72. The highest BCUT2D eigenvalue weighted by atomic mass is 16.6. The van der Waals surface area contributed by atoms with Crippen LogP contribution in [0.25, 0.3) is 0 Å². The van der Waals surface area contributed by atoms with Gasteiger partial charge in [0.1, 0.15) is 11.5 Å². The summed E-state index contributed by atoms with van der Waals surface area (Å²) < 4.78 is 24.9. The van der Waals surface area contributed by atoms with E-state index in [0.29, 0.717) is 24.7 Å². The predicted octanol–water partition coefficient (Wildman–Crippen LogP) is 6.19. The number of aryl methyl sites for hydroxylation is 1. The highest BCUT2D eigenvalue weighted by Crippen LogP contribution is 2.40. The fraction of sp³-hybridized carbons (Fsp3) is 0.364. The molecule has 3 aromatic carbocycles. The molecule has 0 heterocycles. The van der Waals surface area contributed by atoms with Crippen molar-refractivity contribution in [2.24, 2.45) is 0 Å². The molecule has 0 bridgehead atoms. The molecule has 0 aliphatic carbocycles. The van der Waals surface area contributed by atoms with Crippen LogP contribution in [0, 0.1) is 0 Å². The van der Waals surface area contributed by atoms with Crippen LogP contribution < -0.4 is 9.47 Å². The van der Waals surface area contributed by atoms with Crippen molar-refractivity contribution in [2.75, 3.05) is 33.5 Å². The molecule has 0 radical (unpaired) electrons. The lowest BCUT2D eigenvalue weighted by atomic mass is 9.71. The third kappa shape index (κ3) is 10.1. The third-order valence-electron chi connectivity index (χ3n) is 6.52. The first kappa shape index (κ1) is 33.7. The molecular weight excluding hydrogens is 540 g/mol. The zero-order valence-electron chi connectivity index (χ0n) is 24.9. The first-order valence-corrected chi connectivity index (χ1v) is 13.8. The Labute approximate surface area is 247 Å². The second-order valence-corrected chi connectivity index (χ2v) is 9.19. The van der Waals surface area contributed by atoms with E-state index in [1.54, 1.807) is 13.8 Å². The van der Waals surface area contributed by atoms with Gasteiger partial charge in [0, 0.05) is 5.41 Å². The number of methoxy groups -OCH3 is 1. The first-order valence-electron chi connectivity index (χ1n) is 13.8. The van der Waals surface area contributed by atoms with Crippen LogP contribution in [0.4, 0.5) is 4.79 Å². The van der Waals surface area contributed by atoms with Crippen molar-refractivity contribution in [3.05, 3.63) is 95.1 Å². The molecule has 0 saturated carbocycles. The van der Waals surface area contributed by atoms with Gasteiger partial charge in [0.05, 0.1) is 33.4 Å². The molecule has 9 nitrogen and oxygen atoms in total. The lowest BCUT2D eigenvalue weighted by molar-refractivity contribution is -0.145. The Morgan fingerprint density at radius 2 is 1.12 bits per heavy atom. The van der Waals surface area contributed by atoms with Gasteiger partial charge >= 0.3 is 18.1 Å². The van der Waals surface area contributed by atoms with E-state index in [-0.39, 0.29) is 25.6 Å². The Morgan fingerprint density at radius 3 is 1.55 bits per heavy atom. The number of carboxylic acid groups (broad SMARTS) is 1. The number of hydrogen-bond donors (Lipinski definition) is 1. The van der Waals surface area contributed by atoms with Crippen LogP contribution >= 0.6 is 0 Å². The van der Waals surface area contributed by atoms with Gasteiger partial charge in [-0.25, -0.2) is 9.59 Å². The predicted molar refractivity (Wildman–Crippen MR) is 158 cm³/mol. The fourth-order valence-electron chi connectivity index (χ4n) is 4.17. The highest BCUT2D eigenvalue weighted by molar-refractivity contribution is 5.71. The molecule has 1 N–H and O–H groups in total. The van der Waals surface area contributed by atoms with E-state index < -0.39 is 17.5 Å². The second kappa shape index (κ2) is 17.3. The van der Waals surface area contributed by atoms with Gasteiger partial charge in [0.25, 0.3) is 0 Å². The van der Waals surface area contributed by atoms with Gasteiger partial charge in [-0.15, -0.1) is 0 Å². The molecule has 0 aromatic heterocycles. The van der Waals surface area contributed by atoms with Crippen molar-refractivity contribution in [1.82, 2.24) is 0 Å². The summed E-state index contributed by atoms with van der Waals surface area (Å²) in [5.41, 5.74) is 4.15. The summed E-state index contributed by atoms with van der Waals surface area (Å²) in [6.07, 6.45) is -0.0618. The average Bonchev–Trinajstić information content (AvgIpc) is 3.01. The van der Waals surface area contributed by atoms with Gasteiger partial charge in [-0.05, 0) is 73.7 Å². The first-order chi connectivity index (χ1) is 20.2. The minimum Gasteiger partial charge on any atom is -0.493 e. The normalized spacial score (nSPS) is 11.6. The van der Waals surface area contributed by atoms with Crippen LogP contribution in [0.2, 0.25) is 0 Å². The van der Waals surface area contributed by atoms with Crippen LogP contribution in [0.5, 0.6) is 11.5 Å². The van der Waals surface area contributed by atoms with E-state index in [4.69, 9.17) is 28.8 Å². The molecule has 226 valence electrons. The average molecular weight is 581 g/mol. The van der Waals surface area contributed by atoms with Gasteiger partial charge in [-0.1, -0.05) is 55.5 Å². The summed E-state index contributed by atoms with van der Waals surface area (Å²) in [5.74, 6) is 0.638. The summed E-state index contributed by atoms with van der Waals surface area (Å²) >= 11 is 0. The smallest absolute Gasteiger partial charge is 0.493 e. The summed E-state index contributed by atoms with van der Waals surface area (Å²) in [7, 11) is 1.10. The number of benzene rings is 3. The lowest BCUT2D eigenvalue weighted by Crippen LogP contribution is -2.25. The van der Waals surface area contributed by atoms with Crippen LogP contribution in [0.15, 0.2) is 72.8 Å². The quantitative estimate of drug-likeness (QED) is 0.143. The molecule has 0 aliphatic rings. The summed E-state index contributed by atoms with van der Waals surface area (Å²) in [6, 6.07) is 24.4. The standard InChI is InChI=1S/C31H36O6.C2H4O3/c1-5-23-8-10-24(11-9-23)31(4,26-14-18-28(19-15-26)37-22-30(33)35-7-3)25-12-16-27(17-13-25)36-21-20-29(32)34-6-2;1-5-2(3)4/h8-19H,5-7,20-22H2,1-4H3;1H3,(H,3,4)/t31-;/m0./s1. The fourth-order valence-corrected chi connectivity index (χ4v) is 4.17. The Balaban J connectivity index is 0.00000113. The van der Waals surface area contributed by atoms with Crippen molar-refractivity contribution >= 4 is 18.1 Å². The van der Waals surface area contributed by atoms with Gasteiger partial charge in [0.15, 0.2) is 6.61 Å². The number of hydrogen-bond acceptors (Lipinski definition) is 8. The van der Waals surface area contributed by atoms with Crippen molar-refractivity contribution in [3.8, 4) is 11.5 Å². The van der Waals surface area contributed by atoms with E-state index in [1.807, 2.05) is 36.4 Å². The molecule has 0 unspecified atom stereocenters. The van der Waals surface area contributed by atoms with Crippen molar-refractivity contribution in [2.45, 2.75) is 46.0 Å². The van der Waals surface area contributed by atoms with Gasteiger partial charge in [0.2, 0.25) is 0 Å². The lowest BCUT2D eigenvalue weighted by Gasteiger charge is -2.32. The van der Waals surface area contributed by atoms with E-state index in [9.17, 15) is 9.59 Å². The third-order valence-corrected chi connectivity index (χ3v) is 6.52. The van der Waals surface area contributed by atoms with E-state index in [0.717, 1.165) is 30.2 Å². The Hall–Kier alpha value is -4.53. The molecule has 1 atom stereocenters. The second-order valence-electron chi connectivity index (χ2n) is 9.19. The molecule has 0 spiro atoms. The topological polar surface area (TPSA) is 118 Å². The summed E-state index contributed by atoms with van der Waals surface area (Å²) in [4.78, 5) is 32.4. The Kier molecular flexibility index (Phi) is 13.9. The number of carbonyl (C=O) groups is 3. The monoisotopic (exact) mass is 580 g/mol.